The third-order valence-corrected chi connectivity index (χ3v) is 3.69. The molecule has 0 saturated heterocycles. The van der Waals surface area contributed by atoms with Crippen LogP contribution in [0, 0.1) is 5.92 Å². The van der Waals surface area contributed by atoms with Gasteiger partial charge in [-0.15, -0.1) is 0 Å². The molecule has 0 atom stereocenters. The molecule has 0 bridgehead atoms. The van der Waals surface area contributed by atoms with Crippen LogP contribution in [0.4, 0.5) is 13.2 Å². The quantitative estimate of drug-likeness (QED) is 0.450. The van der Waals surface area contributed by atoms with Gasteiger partial charge < -0.3 is 14.2 Å². The van der Waals surface area contributed by atoms with E-state index in [9.17, 15) is 18.0 Å². The molecule has 0 saturated carbocycles. The number of hydrogen-bond acceptors (Lipinski definition) is 5. The van der Waals surface area contributed by atoms with Crippen molar-refractivity contribution in [3.63, 3.8) is 0 Å². The molecule has 6 nitrogen and oxygen atoms in total. The lowest BCUT2D eigenvalue weighted by molar-refractivity contribution is -0.148. The highest BCUT2D eigenvalue weighted by atomic mass is 19.4. The van der Waals surface area contributed by atoms with Gasteiger partial charge in [0.2, 0.25) is 5.76 Å². The van der Waals surface area contributed by atoms with E-state index in [0.29, 0.717) is 12.8 Å². The van der Waals surface area contributed by atoms with Crippen molar-refractivity contribution in [1.29, 1.82) is 0 Å². The van der Waals surface area contributed by atoms with Gasteiger partial charge in [0.05, 0.1) is 25.3 Å². The molecule has 0 unspecified atom stereocenters. The monoisotopic (exact) mass is 412 g/mol. The van der Waals surface area contributed by atoms with Crippen LogP contribution < -0.4 is 4.74 Å². The summed E-state index contributed by atoms with van der Waals surface area (Å²) in [6.07, 6.45) is -0.686. The second-order valence-electron chi connectivity index (χ2n) is 6.48. The molecule has 0 N–H and O–H groups in total. The lowest BCUT2D eigenvalue weighted by atomic mass is 10.2. The summed E-state index contributed by atoms with van der Waals surface area (Å²) in [6, 6.07) is 6.55. The van der Waals surface area contributed by atoms with Crippen molar-refractivity contribution in [3.8, 4) is 5.75 Å². The van der Waals surface area contributed by atoms with Crippen molar-refractivity contribution in [3.05, 3.63) is 59.8 Å². The maximum Gasteiger partial charge on any atom is 0.452 e. The van der Waals surface area contributed by atoms with Gasteiger partial charge in [-0.25, -0.2) is 0 Å². The number of carbonyl (C=O) groups excluding carboxylic acids is 1. The summed E-state index contributed by atoms with van der Waals surface area (Å²) < 4.78 is 54.7. The lowest BCUT2D eigenvalue weighted by Crippen LogP contribution is -2.15. The van der Waals surface area contributed by atoms with Crippen molar-refractivity contribution in [2.24, 2.45) is 5.92 Å². The van der Waals surface area contributed by atoms with Gasteiger partial charge >= 0.3 is 12.1 Å². The molecule has 0 fully saturated rings. The number of hydrogen-bond donors (Lipinski definition) is 0. The highest BCUT2D eigenvalue weighted by Gasteiger charge is 2.36. The van der Waals surface area contributed by atoms with Gasteiger partial charge in [0.25, 0.3) is 0 Å². The van der Waals surface area contributed by atoms with E-state index < -0.39 is 11.9 Å². The second kappa shape index (κ2) is 9.99. The van der Waals surface area contributed by atoms with Crippen LogP contribution in [0.1, 0.15) is 31.9 Å². The average Bonchev–Trinajstić information content (AvgIpc) is 3.10. The van der Waals surface area contributed by atoms with Crippen LogP contribution in [-0.2, 0) is 27.4 Å². The summed E-state index contributed by atoms with van der Waals surface area (Å²) in [5.74, 6) is -1.41. The molecule has 2 rings (SSSR count). The van der Waals surface area contributed by atoms with Gasteiger partial charge in [-0.1, -0.05) is 26.0 Å². The van der Waals surface area contributed by atoms with E-state index in [0.717, 1.165) is 11.1 Å². The molecule has 1 heterocycles. The number of aromatic nitrogens is 2. The zero-order valence-corrected chi connectivity index (χ0v) is 16.4. The van der Waals surface area contributed by atoms with Crippen LogP contribution in [-0.4, -0.2) is 28.5 Å². The maximum atomic E-state index is 12.7. The van der Waals surface area contributed by atoms with Gasteiger partial charge in [0.1, 0.15) is 18.6 Å². The van der Waals surface area contributed by atoms with Crippen LogP contribution in [0.15, 0.2) is 48.7 Å². The van der Waals surface area contributed by atoms with Gasteiger partial charge in [-0.05, 0) is 24.6 Å². The van der Waals surface area contributed by atoms with Crippen molar-refractivity contribution in [1.82, 2.24) is 9.78 Å². The molecule has 2 aromatic rings. The molecule has 0 amide bonds. The Labute approximate surface area is 166 Å². The molecular weight excluding hydrogens is 389 g/mol. The zero-order valence-electron chi connectivity index (χ0n) is 16.4. The number of ether oxygens (including phenoxy) is 3. The molecule has 158 valence electrons. The Hall–Kier alpha value is -2.97. The first-order chi connectivity index (χ1) is 13.7. The number of benzene rings is 1. The molecule has 0 spiro atoms. The van der Waals surface area contributed by atoms with Crippen molar-refractivity contribution in [2.45, 2.75) is 40.1 Å². The van der Waals surface area contributed by atoms with E-state index in [1.165, 1.54) is 6.92 Å². The van der Waals surface area contributed by atoms with Crippen LogP contribution >= 0.6 is 0 Å². The molecular formula is C20H23F3N2O4. The maximum absolute atomic E-state index is 12.7. The van der Waals surface area contributed by atoms with Gasteiger partial charge in [-0.3, -0.25) is 9.48 Å². The van der Waals surface area contributed by atoms with Gasteiger partial charge in [0.15, 0.2) is 0 Å². The average molecular weight is 412 g/mol. The summed E-state index contributed by atoms with van der Waals surface area (Å²) in [5.41, 5.74) is 1.63. The van der Waals surface area contributed by atoms with Crippen LogP contribution in [0.5, 0.6) is 5.75 Å². The Bertz CT molecular complexity index is 827. The third kappa shape index (κ3) is 7.17. The van der Waals surface area contributed by atoms with E-state index >= 15 is 0 Å². The number of halogens is 3. The lowest BCUT2D eigenvalue weighted by Gasteiger charge is -2.12. The van der Waals surface area contributed by atoms with E-state index in [-0.39, 0.29) is 30.9 Å². The molecule has 0 aliphatic heterocycles. The van der Waals surface area contributed by atoms with Crippen molar-refractivity contribution >= 4 is 5.97 Å². The Morgan fingerprint density at radius 2 is 1.86 bits per heavy atom. The zero-order chi connectivity index (χ0) is 21.4. The fraction of sp³-hybridized carbons (Fsp3) is 0.400. The summed E-state index contributed by atoms with van der Waals surface area (Å²) in [6.45, 7) is 5.46. The number of esters is 1. The molecule has 0 radical (unpaired) electrons. The molecule has 0 aliphatic rings. The van der Waals surface area contributed by atoms with E-state index in [2.05, 4.69) is 9.84 Å². The fourth-order valence-electron chi connectivity index (χ4n) is 2.21. The number of allylic oxidation sites excluding steroid dienone is 1. The number of carbonyl (C=O) groups is 1. The molecule has 1 aromatic heterocycles. The molecule has 9 heteroatoms. The van der Waals surface area contributed by atoms with Crippen LogP contribution in [0.3, 0.4) is 0 Å². The van der Waals surface area contributed by atoms with Crippen LogP contribution in [0.25, 0.3) is 0 Å². The first-order valence-electron chi connectivity index (χ1n) is 9.02. The standard InChI is InChI=1S/C20H23F3N2O4/c1-4-27-18(20(21,22)23)13-28-17-7-5-15(6-8-17)10-25-11-16(9-24-25)12-29-19(26)14(2)3/h5-9,11,13-14H,4,10,12H2,1-3H3/b18-13-. The van der Waals surface area contributed by atoms with Gasteiger partial charge in [-0.2, -0.15) is 18.3 Å². The summed E-state index contributed by atoms with van der Waals surface area (Å²) in [5, 5.41) is 4.21. The largest absolute Gasteiger partial charge is 0.487 e. The predicted octanol–water partition coefficient (Wildman–Crippen LogP) is 4.45. The normalized spacial score (nSPS) is 12.2. The molecule has 29 heavy (non-hydrogen) atoms. The summed E-state index contributed by atoms with van der Waals surface area (Å²) >= 11 is 0. The molecule has 0 aliphatic carbocycles. The third-order valence-electron chi connectivity index (χ3n) is 3.69. The summed E-state index contributed by atoms with van der Waals surface area (Å²) in [4.78, 5) is 11.5. The van der Waals surface area contributed by atoms with E-state index in [1.807, 2.05) is 0 Å². The Morgan fingerprint density at radius 1 is 1.17 bits per heavy atom. The minimum absolute atomic E-state index is 0.115. The Kier molecular flexibility index (Phi) is 7.69. The molecule has 1 aromatic carbocycles. The predicted molar refractivity (Wildman–Crippen MR) is 98.8 cm³/mol. The van der Waals surface area contributed by atoms with Crippen LogP contribution in [0.2, 0.25) is 0 Å². The van der Waals surface area contributed by atoms with Crippen molar-refractivity contribution < 1.29 is 32.2 Å². The van der Waals surface area contributed by atoms with Gasteiger partial charge in [0, 0.05) is 11.8 Å². The SMILES string of the molecule is CCO/C(=C\Oc1ccc(Cn2cc(COC(=O)C(C)C)cn2)cc1)C(F)(F)F. The number of alkyl halides is 3. The first kappa shape index (κ1) is 22.3. The minimum Gasteiger partial charge on any atom is -0.487 e. The van der Waals surface area contributed by atoms with E-state index in [4.69, 9.17) is 9.47 Å². The number of nitrogens with zero attached hydrogens (tertiary/aromatic N) is 2. The fourth-order valence-corrected chi connectivity index (χ4v) is 2.21. The minimum atomic E-state index is -4.61. The summed E-state index contributed by atoms with van der Waals surface area (Å²) in [7, 11) is 0. The number of rotatable bonds is 9. The van der Waals surface area contributed by atoms with Crippen molar-refractivity contribution in [2.75, 3.05) is 6.61 Å². The first-order valence-corrected chi connectivity index (χ1v) is 9.02. The Balaban J connectivity index is 1.93. The smallest absolute Gasteiger partial charge is 0.452 e. The Morgan fingerprint density at radius 3 is 2.45 bits per heavy atom. The highest BCUT2D eigenvalue weighted by molar-refractivity contribution is 5.71. The second-order valence-corrected chi connectivity index (χ2v) is 6.48. The topological polar surface area (TPSA) is 62.6 Å². The highest BCUT2D eigenvalue weighted by Crippen LogP contribution is 2.27. The van der Waals surface area contributed by atoms with E-state index in [1.54, 1.807) is 55.2 Å².